The highest BCUT2D eigenvalue weighted by Gasteiger charge is 2.18. The van der Waals surface area contributed by atoms with Crippen molar-refractivity contribution < 1.29 is 4.79 Å². The molecule has 0 aromatic carbocycles. The summed E-state index contributed by atoms with van der Waals surface area (Å²) < 4.78 is 0. The van der Waals surface area contributed by atoms with Crippen LogP contribution in [0, 0.1) is 5.92 Å². The third-order valence-electron chi connectivity index (χ3n) is 3.24. The van der Waals surface area contributed by atoms with Crippen LogP contribution in [0.5, 0.6) is 0 Å². The summed E-state index contributed by atoms with van der Waals surface area (Å²) in [5.41, 5.74) is 0.902. The number of pyridine rings is 1. The second kappa shape index (κ2) is 5.44. The SMILES string of the molecule is O=C(Cc1ccncc1Cl)CC1CCCC1. The molecule has 0 saturated heterocycles. The number of halogens is 1. The zero-order chi connectivity index (χ0) is 11.4. The van der Waals surface area contributed by atoms with E-state index in [0.29, 0.717) is 23.1 Å². The van der Waals surface area contributed by atoms with E-state index in [-0.39, 0.29) is 0 Å². The molecule has 1 aromatic rings. The summed E-state index contributed by atoms with van der Waals surface area (Å²) in [6.07, 6.45) is 9.47. The van der Waals surface area contributed by atoms with Crippen molar-refractivity contribution in [3.8, 4) is 0 Å². The van der Waals surface area contributed by atoms with Crippen molar-refractivity contribution in [2.45, 2.75) is 38.5 Å². The molecule has 0 N–H and O–H groups in total. The van der Waals surface area contributed by atoms with E-state index in [4.69, 9.17) is 11.6 Å². The molecule has 3 heteroatoms. The molecule has 2 nitrogen and oxygen atoms in total. The largest absolute Gasteiger partial charge is 0.299 e. The van der Waals surface area contributed by atoms with Gasteiger partial charge in [-0.25, -0.2) is 0 Å². The second-order valence-electron chi connectivity index (χ2n) is 4.54. The molecular formula is C13H16ClNO. The standard InChI is InChI=1S/C13H16ClNO/c14-13-9-15-6-5-11(13)8-12(16)7-10-3-1-2-4-10/h5-6,9-10H,1-4,7-8H2. The summed E-state index contributed by atoms with van der Waals surface area (Å²) in [6.45, 7) is 0. The van der Waals surface area contributed by atoms with E-state index < -0.39 is 0 Å². The number of hydrogen-bond donors (Lipinski definition) is 0. The summed E-state index contributed by atoms with van der Waals surface area (Å²) >= 11 is 5.97. The molecule has 0 unspecified atom stereocenters. The van der Waals surface area contributed by atoms with Crippen molar-refractivity contribution in [2.24, 2.45) is 5.92 Å². The maximum Gasteiger partial charge on any atom is 0.137 e. The van der Waals surface area contributed by atoms with Crippen LogP contribution in [0.2, 0.25) is 5.02 Å². The predicted molar refractivity (Wildman–Crippen MR) is 64.5 cm³/mol. The van der Waals surface area contributed by atoms with E-state index in [0.717, 1.165) is 12.0 Å². The Morgan fingerprint density at radius 2 is 2.19 bits per heavy atom. The summed E-state index contributed by atoms with van der Waals surface area (Å²) in [4.78, 5) is 15.8. The number of carbonyl (C=O) groups is 1. The van der Waals surface area contributed by atoms with Crippen LogP contribution in [0.3, 0.4) is 0 Å². The lowest BCUT2D eigenvalue weighted by molar-refractivity contribution is -0.119. The Kier molecular flexibility index (Phi) is 3.94. The molecule has 0 aliphatic heterocycles. The van der Waals surface area contributed by atoms with E-state index >= 15 is 0 Å². The molecular weight excluding hydrogens is 222 g/mol. The molecule has 0 radical (unpaired) electrons. The van der Waals surface area contributed by atoms with Crippen molar-refractivity contribution in [1.29, 1.82) is 0 Å². The van der Waals surface area contributed by atoms with Crippen LogP contribution in [-0.2, 0) is 11.2 Å². The lowest BCUT2D eigenvalue weighted by atomic mass is 9.97. The molecule has 1 fully saturated rings. The maximum absolute atomic E-state index is 11.8. The topological polar surface area (TPSA) is 30.0 Å². The highest BCUT2D eigenvalue weighted by molar-refractivity contribution is 6.31. The monoisotopic (exact) mass is 237 g/mol. The Morgan fingerprint density at radius 1 is 1.44 bits per heavy atom. The fourth-order valence-corrected chi connectivity index (χ4v) is 2.55. The molecule has 1 saturated carbocycles. The Balaban J connectivity index is 1.89. The van der Waals surface area contributed by atoms with Crippen molar-refractivity contribution in [2.75, 3.05) is 0 Å². The highest BCUT2D eigenvalue weighted by atomic mass is 35.5. The van der Waals surface area contributed by atoms with E-state index in [9.17, 15) is 4.79 Å². The molecule has 0 atom stereocenters. The van der Waals surface area contributed by atoms with Crippen LogP contribution in [0.25, 0.3) is 0 Å². The lowest BCUT2D eigenvalue weighted by Crippen LogP contribution is -2.08. The molecule has 0 amide bonds. The van der Waals surface area contributed by atoms with Gasteiger partial charge in [0.25, 0.3) is 0 Å². The number of carbonyl (C=O) groups excluding carboxylic acids is 1. The third-order valence-corrected chi connectivity index (χ3v) is 3.58. The molecule has 16 heavy (non-hydrogen) atoms. The van der Waals surface area contributed by atoms with E-state index in [1.54, 1.807) is 12.4 Å². The minimum atomic E-state index is 0.306. The summed E-state index contributed by atoms with van der Waals surface area (Å²) in [7, 11) is 0. The van der Waals surface area contributed by atoms with Crippen LogP contribution < -0.4 is 0 Å². The van der Waals surface area contributed by atoms with Crippen LogP contribution in [0.1, 0.15) is 37.7 Å². The first-order valence-electron chi connectivity index (χ1n) is 5.86. The number of Topliss-reactive ketones (excluding diaryl/α,β-unsaturated/α-hetero) is 1. The van der Waals surface area contributed by atoms with Crippen LogP contribution >= 0.6 is 11.6 Å². The maximum atomic E-state index is 11.8. The van der Waals surface area contributed by atoms with Gasteiger partial charge in [-0.2, -0.15) is 0 Å². The Hall–Kier alpha value is -0.890. The van der Waals surface area contributed by atoms with Crippen LogP contribution in [0.15, 0.2) is 18.5 Å². The van der Waals surface area contributed by atoms with Crippen molar-refractivity contribution >= 4 is 17.4 Å². The normalized spacial score (nSPS) is 16.6. The van der Waals surface area contributed by atoms with Crippen molar-refractivity contribution in [1.82, 2.24) is 4.98 Å². The second-order valence-corrected chi connectivity index (χ2v) is 4.94. The summed E-state index contributed by atoms with van der Waals surface area (Å²) in [5, 5.41) is 0.599. The fraction of sp³-hybridized carbons (Fsp3) is 0.538. The molecule has 1 aliphatic carbocycles. The minimum Gasteiger partial charge on any atom is -0.299 e. The average Bonchev–Trinajstić information content (AvgIpc) is 2.74. The molecule has 0 spiro atoms. The molecule has 1 aliphatic rings. The number of ketones is 1. The predicted octanol–water partition coefficient (Wildman–Crippen LogP) is 3.43. The molecule has 1 aromatic heterocycles. The van der Waals surface area contributed by atoms with E-state index in [1.165, 1.54) is 25.7 Å². The van der Waals surface area contributed by atoms with Gasteiger partial charge in [0.1, 0.15) is 5.78 Å². The average molecular weight is 238 g/mol. The van der Waals surface area contributed by atoms with Gasteiger partial charge in [-0.05, 0) is 17.5 Å². The Morgan fingerprint density at radius 3 is 2.88 bits per heavy atom. The molecule has 86 valence electrons. The first kappa shape index (κ1) is 11.6. The quantitative estimate of drug-likeness (QED) is 0.803. The number of aromatic nitrogens is 1. The van der Waals surface area contributed by atoms with Crippen molar-refractivity contribution in [3.05, 3.63) is 29.0 Å². The number of nitrogens with zero attached hydrogens (tertiary/aromatic N) is 1. The van der Waals surface area contributed by atoms with Gasteiger partial charge < -0.3 is 0 Å². The summed E-state index contributed by atoms with van der Waals surface area (Å²) in [6, 6.07) is 1.83. The Bertz CT molecular complexity index is 372. The molecule has 2 rings (SSSR count). The number of hydrogen-bond acceptors (Lipinski definition) is 2. The van der Waals surface area contributed by atoms with Crippen molar-refractivity contribution in [3.63, 3.8) is 0 Å². The first-order chi connectivity index (χ1) is 7.75. The van der Waals surface area contributed by atoms with Gasteiger partial charge in [0.05, 0.1) is 5.02 Å². The highest BCUT2D eigenvalue weighted by Crippen LogP contribution is 2.28. The Labute approximate surface area is 101 Å². The fourth-order valence-electron chi connectivity index (χ4n) is 2.37. The summed E-state index contributed by atoms with van der Waals surface area (Å²) in [5.74, 6) is 0.924. The van der Waals surface area contributed by atoms with Crippen LogP contribution in [0.4, 0.5) is 0 Å². The van der Waals surface area contributed by atoms with Gasteiger partial charge >= 0.3 is 0 Å². The number of rotatable bonds is 4. The zero-order valence-electron chi connectivity index (χ0n) is 9.29. The van der Waals surface area contributed by atoms with Gasteiger partial charge in [-0.1, -0.05) is 37.3 Å². The first-order valence-corrected chi connectivity index (χ1v) is 6.23. The van der Waals surface area contributed by atoms with Gasteiger partial charge in [-0.15, -0.1) is 0 Å². The van der Waals surface area contributed by atoms with Gasteiger partial charge in [-0.3, -0.25) is 9.78 Å². The minimum absolute atomic E-state index is 0.306. The van der Waals surface area contributed by atoms with E-state index in [2.05, 4.69) is 4.98 Å². The smallest absolute Gasteiger partial charge is 0.137 e. The zero-order valence-corrected chi connectivity index (χ0v) is 10.0. The van der Waals surface area contributed by atoms with Crippen LogP contribution in [-0.4, -0.2) is 10.8 Å². The molecule has 1 heterocycles. The van der Waals surface area contributed by atoms with Gasteiger partial charge in [0.2, 0.25) is 0 Å². The lowest BCUT2D eigenvalue weighted by Gasteiger charge is -2.08. The van der Waals surface area contributed by atoms with Gasteiger partial charge in [0, 0.05) is 25.2 Å². The van der Waals surface area contributed by atoms with Gasteiger partial charge in [0.15, 0.2) is 0 Å². The molecule has 0 bridgehead atoms. The van der Waals surface area contributed by atoms with E-state index in [1.807, 2.05) is 6.07 Å². The third kappa shape index (κ3) is 3.05.